The van der Waals surface area contributed by atoms with Crippen molar-refractivity contribution in [3.8, 4) is 5.75 Å². The average Bonchev–Trinajstić information content (AvgIpc) is 2.86. The number of carbonyl (C=O) groups excluding carboxylic acids is 1. The molecule has 114 valence electrons. The molecule has 4 nitrogen and oxygen atoms in total. The first-order valence-electron chi connectivity index (χ1n) is 7.38. The Morgan fingerprint density at radius 3 is 2.59 bits per heavy atom. The molecule has 3 rings (SSSR count). The van der Waals surface area contributed by atoms with Gasteiger partial charge in [0, 0.05) is 16.3 Å². The Morgan fingerprint density at radius 2 is 1.82 bits per heavy atom. The van der Waals surface area contributed by atoms with Crippen LogP contribution < -0.4 is 4.74 Å². The maximum atomic E-state index is 12.1. The summed E-state index contributed by atoms with van der Waals surface area (Å²) in [6.07, 6.45) is 0. The molecule has 2 aromatic carbocycles. The van der Waals surface area contributed by atoms with Crippen molar-refractivity contribution in [2.75, 3.05) is 6.61 Å². The lowest BCUT2D eigenvalue weighted by atomic mass is 10.1. The number of fused-ring (bicyclic) bond motifs is 3. The number of benzene rings is 2. The standard InChI is InChI=1S/C18H19NO3/c1-4-21-17(20)18(2,3)22-15-11-7-10-14-16(15)12-8-5-6-9-13(12)19-14/h5-11,19H,4H2,1-3H3. The second-order valence-corrected chi connectivity index (χ2v) is 5.68. The Balaban J connectivity index is 2.09. The minimum Gasteiger partial charge on any atom is -0.475 e. The summed E-state index contributed by atoms with van der Waals surface area (Å²) in [5, 5.41) is 2.06. The van der Waals surface area contributed by atoms with Gasteiger partial charge in [0.15, 0.2) is 5.60 Å². The molecule has 0 spiro atoms. The number of H-pyrrole nitrogens is 1. The molecule has 1 N–H and O–H groups in total. The summed E-state index contributed by atoms with van der Waals surface area (Å²) in [5.74, 6) is 0.305. The van der Waals surface area contributed by atoms with Gasteiger partial charge in [0.1, 0.15) is 5.75 Å². The molecular formula is C18H19NO3. The van der Waals surface area contributed by atoms with Crippen LogP contribution in [0.3, 0.4) is 0 Å². The van der Waals surface area contributed by atoms with Crippen LogP contribution in [0.15, 0.2) is 42.5 Å². The van der Waals surface area contributed by atoms with E-state index in [2.05, 4.69) is 4.98 Å². The van der Waals surface area contributed by atoms with E-state index >= 15 is 0 Å². The largest absolute Gasteiger partial charge is 0.475 e. The molecule has 0 aliphatic rings. The van der Waals surface area contributed by atoms with Crippen LogP contribution in [0.25, 0.3) is 21.8 Å². The predicted molar refractivity (Wildman–Crippen MR) is 87.1 cm³/mol. The maximum absolute atomic E-state index is 12.1. The van der Waals surface area contributed by atoms with Crippen molar-refractivity contribution in [1.82, 2.24) is 4.98 Å². The van der Waals surface area contributed by atoms with Crippen molar-refractivity contribution in [3.63, 3.8) is 0 Å². The number of ether oxygens (including phenoxy) is 2. The third-order valence-corrected chi connectivity index (χ3v) is 3.62. The summed E-state index contributed by atoms with van der Waals surface area (Å²) in [6, 6.07) is 13.8. The Labute approximate surface area is 129 Å². The molecule has 4 heteroatoms. The summed E-state index contributed by atoms with van der Waals surface area (Å²) >= 11 is 0. The van der Waals surface area contributed by atoms with Gasteiger partial charge < -0.3 is 14.5 Å². The first-order chi connectivity index (χ1) is 10.5. The number of aromatic nitrogens is 1. The first-order valence-corrected chi connectivity index (χ1v) is 7.38. The van der Waals surface area contributed by atoms with Gasteiger partial charge in [-0.1, -0.05) is 24.3 Å². The van der Waals surface area contributed by atoms with E-state index in [-0.39, 0.29) is 5.97 Å². The molecule has 1 aromatic heterocycles. The van der Waals surface area contributed by atoms with E-state index < -0.39 is 5.60 Å². The molecule has 1 heterocycles. The van der Waals surface area contributed by atoms with Gasteiger partial charge in [0.2, 0.25) is 0 Å². The average molecular weight is 297 g/mol. The lowest BCUT2D eigenvalue weighted by Gasteiger charge is -2.24. The Kier molecular flexibility index (Phi) is 3.53. The van der Waals surface area contributed by atoms with E-state index in [0.29, 0.717) is 12.4 Å². The van der Waals surface area contributed by atoms with E-state index in [9.17, 15) is 4.79 Å². The Hall–Kier alpha value is -2.49. The van der Waals surface area contributed by atoms with Crippen LogP contribution in [0.1, 0.15) is 20.8 Å². The quantitative estimate of drug-likeness (QED) is 0.739. The van der Waals surface area contributed by atoms with E-state index in [0.717, 1.165) is 21.8 Å². The lowest BCUT2D eigenvalue weighted by Crippen LogP contribution is -2.39. The van der Waals surface area contributed by atoms with Crippen LogP contribution in [-0.2, 0) is 9.53 Å². The molecule has 0 fully saturated rings. The lowest BCUT2D eigenvalue weighted by molar-refractivity contribution is -0.158. The highest BCUT2D eigenvalue weighted by atomic mass is 16.6. The van der Waals surface area contributed by atoms with Gasteiger partial charge >= 0.3 is 5.97 Å². The smallest absolute Gasteiger partial charge is 0.349 e. The fourth-order valence-electron chi connectivity index (χ4n) is 2.57. The number of esters is 1. The van der Waals surface area contributed by atoms with Crippen molar-refractivity contribution >= 4 is 27.8 Å². The topological polar surface area (TPSA) is 51.3 Å². The SMILES string of the molecule is CCOC(=O)C(C)(C)Oc1cccc2[nH]c3ccccc3c12. The summed E-state index contributed by atoms with van der Waals surface area (Å²) in [5.41, 5.74) is 0.990. The number of hydrogen-bond acceptors (Lipinski definition) is 3. The monoisotopic (exact) mass is 297 g/mol. The third-order valence-electron chi connectivity index (χ3n) is 3.62. The Bertz CT molecular complexity index is 833. The predicted octanol–water partition coefficient (Wildman–Crippen LogP) is 4.04. The maximum Gasteiger partial charge on any atom is 0.349 e. The van der Waals surface area contributed by atoms with E-state index in [1.165, 1.54) is 0 Å². The van der Waals surface area contributed by atoms with Crippen LogP contribution in [-0.4, -0.2) is 23.2 Å². The molecule has 0 unspecified atom stereocenters. The van der Waals surface area contributed by atoms with Crippen molar-refractivity contribution in [2.24, 2.45) is 0 Å². The van der Waals surface area contributed by atoms with Crippen LogP contribution in [0.2, 0.25) is 0 Å². The highest BCUT2D eigenvalue weighted by molar-refractivity contribution is 6.10. The number of nitrogens with one attached hydrogen (secondary N) is 1. The van der Waals surface area contributed by atoms with Crippen LogP contribution >= 0.6 is 0 Å². The molecule has 0 atom stereocenters. The third kappa shape index (κ3) is 2.41. The van der Waals surface area contributed by atoms with Crippen molar-refractivity contribution < 1.29 is 14.3 Å². The zero-order valence-electron chi connectivity index (χ0n) is 13.0. The Morgan fingerprint density at radius 1 is 1.09 bits per heavy atom. The zero-order valence-corrected chi connectivity index (χ0v) is 13.0. The molecule has 0 amide bonds. The van der Waals surface area contributed by atoms with Gasteiger partial charge in [-0.05, 0) is 39.0 Å². The first kappa shape index (κ1) is 14.4. The van der Waals surface area contributed by atoms with Crippen LogP contribution in [0.5, 0.6) is 5.75 Å². The highest BCUT2D eigenvalue weighted by Gasteiger charge is 2.32. The molecule has 0 saturated carbocycles. The molecule has 0 aliphatic carbocycles. The van der Waals surface area contributed by atoms with Gasteiger partial charge in [-0.25, -0.2) is 4.79 Å². The summed E-state index contributed by atoms with van der Waals surface area (Å²) in [6.45, 7) is 5.56. The number of hydrogen-bond donors (Lipinski definition) is 1. The number of rotatable bonds is 4. The van der Waals surface area contributed by atoms with Crippen LogP contribution in [0.4, 0.5) is 0 Å². The minimum absolute atomic E-state index is 0.336. The second-order valence-electron chi connectivity index (χ2n) is 5.68. The molecule has 0 radical (unpaired) electrons. The van der Waals surface area contributed by atoms with Gasteiger partial charge in [0.25, 0.3) is 0 Å². The number of para-hydroxylation sites is 1. The van der Waals surface area contributed by atoms with Crippen molar-refractivity contribution in [1.29, 1.82) is 0 Å². The second kappa shape index (κ2) is 5.37. The molecule has 22 heavy (non-hydrogen) atoms. The van der Waals surface area contributed by atoms with Gasteiger partial charge in [-0.15, -0.1) is 0 Å². The number of aromatic amines is 1. The van der Waals surface area contributed by atoms with Gasteiger partial charge in [0.05, 0.1) is 12.1 Å². The molecule has 0 saturated heterocycles. The van der Waals surface area contributed by atoms with E-state index in [4.69, 9.17) is 9.47 Å². The summed E-state index contributed by atoms with van der Waals surface area (Å²) < 4.78 is 11.1. The normalized spacial score (nSPS) is 11.8. The highest BCUT2D eigenvalue weighted by Crippen LogP contribution is 2.34. The number of carbonyl (C=O) groups is 1. The molecule has 3 aromatic rings. The summed E-state index contributed by atoms with van der Waals surface area (Å²) in [4.78, 5) is 15.4. The zero-order chi connectivity index (χ0) is 15.7. The van der Waals surface area contributed by atoms with E-state index in [1.807, 2.05) is 42.5 Å². The molecular weight excluding hydrogens is 278 g/mol. The van der Waals surface area contributed by atoms with Gasteiger partial charge in [-0.3, -0.25) is 0 Å². The fraction of sp³-hybridized carbons (Fsp3) is 0.278. The fourth-order valence-corrected chi connectivity index (χ4v) is 2.57. The van der Waals surface area contributed by atoms with Crippen LogP contribution in [0, 0.1) is 0 Å². The molecule has 0 bridgehead atoms. The van der Waals surface area contributed by atoms with E-state index in [1.54, 1.807) is 20.8 Å². The molecule has 0 aliphatic heterocycles. The minimum atomic E-state index is -1.04. The van der Waals surface area contributed by atoms with Crippen molar-refractivity contribution in [2.45, 2.75) is 26.4 Å². The van der Waals surface area contributed by atoms with Crippen molar-refractivity contribution in [3.05, 3.63) is 42.5 Å². The summed E-state index contributed by atoms with van der Waals surface area (Å²) in [7, 11) is 0. The van der Waals surface area contributed by atoms with Gasteiger partial charge in [-0.2, -0.15) is 0 Å².